The van der Waals surface area contributed by atoms with E-state index in [-0.39, 0.29) is 6.04 Å². The van der Waals surface area contributed by atoms with E-state index in [4.69, 9.17) is 10.7 Å². The second-order valence-corrected chi connectivity index (χ2v) is 5.79. The van der Waals surface area contributed by atoms with Crippen molar-refractivity contribution in [3.8, 4) is 0 Å². The zero-order valence-electron chi connectivity index (χ0n) is 11.9. The molecule has 0 radical (unpaired) electrons. The summed E-state index contributed by atoms with van der Waals surface area (Å²) < 4.78 is 2.20. The molecule has 0 aliphatic carbocycles. The Morgan fingerprint density at radius 1 is 1.32 bits per heavy atom. The van der Waals surface area contributed by atoms with E-state index in [1.165, 1.54) is 5.52 Å². The molecule has 1 fully saturated rings. The predicted octanol–water partition coefficient (Wildman–Crippen LogP) is 1.91. The smallest absolute Gasteiger partial charge is 0.126 e. The lowest BCUT2D eigenvalue weighted by Crippen LogP contribution is -2.30. The van der Waals surface area contributed by atoms with Gasteiger partial charge in [0.2, 0.25) is 0 Å². The molecule has 0 spiro atoms. The average molecular weight is 258 g/mol. The molecule has 0 saturated carbocycles. The van der Waals surface area contributed by atoms with Crippen molar-refractivity contribution in [2.75, 3.05) is 13.1 Å². The monoisotopic (exact) mass is 258 g/mol. The van der Waals surface area contributed by atoms with Gasteiger partial charge in [-0.05, 0) is 25.0 Å². The van der Waals surface area contributed by atoms with Gasteiger partial charge in [-0.2, -0.15) is 0 Å². The molecule has 2 N–H and O–H groups in total. The van der Waals surface area contributed by atoms with Crippen molar-refractivity contribution in [3.05, 3.63) is 30.1 Å². The van der Waals surface area contributed by atoms with Crippen LogP contribution in [0.3, 0.4) is 0 Å². The molecule has 3 unspecified atom stereocenters. The molecule has 1 aliphatic rings. The minimum Gasteiger partial charge on any atom is -0.330 e. The summed E-state index contributed by atoms with van der Waals surface area (Å²) in [4.78, 5) is 7.23. The Kier molecular flexibility index (Phi) is 3.07. The number of hydrogen-bond donors (Lipinski definition) is 1. The summed E-state index contributed by atoms with van der Waals surface area (Å²) in [6.45, 7) is 6.48. The SMILES string of the molecule is CC1CN(C(C)c2nc3ccccc3n2C)CC1N. The van der Waals surface area contributed by atoms with E-state index in [0.29, 0.717) is 12.0 Å². The number of likely N-dealkylation sites (tertiary alicyclic amines) is 1. The number of hydrogen-bond acceptors (Lipinski definition) is 3. The number of nitrogens with zero attached hydrogens (tertiary/aromatic N) is 3. The van der Waals surface area contributed by atoms with Crippen LogP contribution >= 0.6 is 0 Å². The summed E-state index contributed by atoms with van der Waals surface area (Å²) in [5.41, 5.74) is 8.40. The second kappa shape index (κ2) is 4.62. The molecule has 19 heavy (non-hydrogen) atoms. The first-order valence-corrected chi connectivity index (χ1v) is 6.99. The van der Waals surface area contributed by atoms with E-state index < -0.39 is 0 Å². The first-order chi connectivity index (χ1) is 9.08. The van der Waals surface area contributed by atoms with E-state index in [9.17, 15) is 0 Å². The summed E-state index contributed by atoms with van der Waals surface area (Å²) in [6, 6.07) is 8.90. The fourth-order valence-electron chi connectivity index (χ4n) is 3.05. The molecule has 2 heterocycles. The first-order valence-electron chi connectivity index (χ1n) is 6.99. The van der Waals surface area contributed by atoms with Crippen molar-refractivity contribution >= 4 is 11.0 Å². The van der Waals surface area contributed by atoms with E-state index in [2.05, 4.69) is 48.6 Å². The van der Waals surface area contributed by atoms with Gasteiger partial charge in [0.25, 0.3) is 0 Å². The van der Waals surface area contributed by atoms with Crippen molar-refractivity contribution in [1.82, 2.24) is 14.5 Å². The van der Waals surface area contributed by atoms with Gasteiger partial charge in [0.1, 0.15) is 5.82 Å². The van der Waals surface area contributed by atoms with Crippen molar-refractivity contribution in [2.45, 2.75) is 25.9 Å². The van der Waals surface area contributed by atoms with Gasteiger partial charge in [-0.3, -0.25) is 4.90 Å². The molecule has 1 saturated heterocycles. The molecular formula is C15H22N4. The van der Waals surface area contributed by atoms with Gasteiger partial charge in [0.15, 0.2) is 0 Å². The third kappa shape index (κ3) is 2.05. The summed E-state index contributed by atoms with van der Waals surface area (Å²) in [6.07, 6.45) is 0. The van der Waals surface area contributed by atoms with Gasteiger partial charge in [-0.15, -0.1) is 0 Å². The molecule has 102 valence electrons. The van der Waals surface area contributed by atoms with Crippen LogP contribution in [0, 0.1) is 5.92 Å². The Bertz CT molecular complexity index is 579. The Morgan fingerprint density at radius 3 is 2.68 bits per heavy atom. The van der Waals surface area contributed by atoms with Crippen LogP contribution in [-0.4, -0.2) is 33.6 Å². The van der Waals surface area contributed by atoms with Crippen LogP contribution in [-0.2, 0) is 7.05 Å². The highest BCUT2D eigenvalue weighted by molar-refractivity contribution is 5.75. The minimum absolute atomic E-state index is 0.289. The first kappa shape index (κ1) is 12.6. The van der Waals surface area contributed by atoms with Crippen molar-refractivity contribution in [3.63, 3.8) is 0 Å². The number of benzene rings is 1. The van der Waals surface area contributed by atoms with Gasteiger partial charge in [-0.25, -0.2) is 4.98 Å². The van der Waals surface area contributed by atoms with Crippen LogP contribution in [0.25, 0.3) is 11.0 Å². The summed E-state index contributed by atoms with van der Waals surface area (Å²) >= 11 is 0. The maximum absolute atomic E-state index is 6.13. The van der Waals surface area contributed by atoms with Crippen molar-refractivity contribution in [1.29, 1.82) is 0 Å². The molecule has 1 aliphatic heterocycles. The van der Waals surface area contributed by atoms with Crippen LogP contribution in [0.15, 0.2) is 24.3 Å². The molecular weight excluding hydrogens is 236 g/mol. The molecule has 4 nitrogen and oxygen atoms in total. The molecule has 3 rings (SSSR count). The van der Waals surface area contributed by atoms with Crippen LogP contribution in [0.2, 0.25) is 0 Å². The molecule has 3 atom stereocenters. The van der Waals surface area contributed by atoms with E-state index in [0.717, 1.165) is 24.4 Å². The lowest BCUT2D eigenvalue weighted by atomic mass is 10.1. The van der Waals surface area contributed by atoms with Crippen molar-refractivity contribution < 1.29 is 0 Å². The fourth-order valence-corrected chi connectivity index (χ4v) is 3.05. The minimum atomic E-state index is 0.289. The lowest BCUT2D eigenvalue weighted by Gasteiger charge is -2.23. The zero-order chi connectivity index (χ0) is 13.6. The lowest BCUT2D eigenvalue weighted by molar-refractivity contribution is 0.241. The molecule has 2 aromatic rings. The normalized spacial score (nSPS) is 26.1. The molecule has 0 bridgehead atoms. The number of imidazole rings is 1. The molecule has 1 aromatic carbocycles. The number of nitrogens with two attached hydrogens (primary N) is 1. The number of aromatic nitrogens is 2. The second-order valence-electron chi connectivity index (χ2n) is 5.79. The van der Waals surface area contributed by atoms with Gasteiger partial charge in [0, 0.05) is 26.2 Å². The number of aryl methyl sites for hydroxylation is 1. The Morgan fingerprint density at radius 2 is 2.05 bits per heavy atom. The fraction of sp³-hybridized carbons (Fsp3) is 0.533. The summed E-state index contributed by atoms with van der Waals surface area (Å²) in [5, 5.41) is 0. The van der Waals surface area contributed by atoms with Crippen molar-refractivity contribution in [2.24, 2.45) is 18.7 Å². The number of fused-ring (bicyclic) bond motifs is 1. The number of para-hydroxylation sites is 2. The largest absolute Gasteiger partial charge is 0.330 e. The zero-order valence-corrected chi connectivity index (χ0v) is 11.9. The third-order valence-electron chi connectivity index (χ3n) is 4.44. The van der Waals surface area contributed by atoms with E-state index in [1.807, 2.05) is 6.07 Å². The molecule has 1 aromatic heterocycles. The third-order valence-corrected chi connectivity index (χ3v) is 4.44. The van der Waals surface area contributed by atoms with Gasteiger partial charge in [0.05, 0.1) is 17.1 Å². The van der Waals surface area contributed by atoms with Gasteiger partial charge in [-0.1, -0.05) is 19.1 Å². The summed E-state index contributed by atoms with van der Waals surface area (Å²) in [5.74, 6) is 1.69. The van der Waals surface area contributed by atoms with Gasteiger partial charge < -0.3 is 10.3 Å². The highest BCUT2D eigenvalue weighted by atomic mass is 15.2. The summed E-state index contributed by atoms with van der Waals surface area (Å²) in [7, 11) is 2.10. The Hall–Kier alpha value is -1.39. The maximum Gasteiger partial charge on any atom is 0.126 e. The number of rotatable bonds is 2. The standard InChI is InChI=1S/C15H22N4/c1-10-8-19(9-12(10)16)11(2)15-17-13-6-4-5-7-14(13)18(15)3/h4-7,10-12H,8-9,16H2,1-3H3. The van der Waals surface area contributed by atoms with E-state index in [1.54, 1.807) is 0 Å². The highest BCUT2D eigenvalue weighted by Gasteiger charge is 2.31. The molecule has 4 heteroatoms. The highest BCUT2D eigenvalue weighted by Crippen LogP contribution is 2.28. The average Bonchev–Trinajstić information content (AvgIpc) is 2.91. The quantitative estimate of drug-likeness (QED) is 0.895. The van der Waals surface area contributed by atoms with Crippen LogP contribution in [0.4, 0.5) is 0 Å². The van der Waals surface area contributed by atoms with Crippen LogP contribution in [0.5, 0.6) is 0 Å². The predicted molar refractivity (Wildman–Crippen MR) is 77.8 cm³/mol. The topological polar surface area (TPSA) is 47.1 Å². The van der Waals surface area contributed by atoms with Gasteiger partial charge >= 0.3 is 0 Å². The maximum atomic E-state index is 6.13. The van der Waals surface area contributed by atoms with Crippen LogP contribution < -0.4 is 5.73 Å². The van der Waals surface area contributed by atoms with Crippen LogP contribution in [0.1, 0.15) is 25.7 Å². The Labute approximate surface area is 114 Å². The Balaban J connectivity index is 1.94. The molecule has 0 amide bonds. The van der Waals surface area contributed by atoms with E-state index >= 15 is 0 Å².